The molecule has 2 aromatic carbocycles. The zero-order valence-electron chi connectivity index (χ0n) is 22.9. The predicted octanol–water partition coefficient (Wildman–Crippen LogP) is 4.89. The fourth-order valence-electron chi connectivity index (χ4n) is 6.33. The molecule has 2 bridgehead atoms. The molecule has 0 unspecified atom stereocenters. The second-order valence-corrected chi connectivity index (χ2v) is 11.8. The lowest BCUT2D eigenvalue weighted by Gasteiger charge is -2.45. The molecule has 1 amide bonds. The number of hydrogen-bond acceptors (Lipinski definition) is 7. The second-order valence-electron chi connectivity index (χ2n) is 11.0. The maximum atomic E-state index is 13.6. The first-order chi connectivity index (χ1) is 20.4. The number of aromatic nitrogens is 5. The van der Waals surface area contributed by atoms with E-state index in [9.17, 15) is 9.59 Å². The monoisotopic (exact) mass is 602 g/mol. The number of benzene rings is 2. The molecule has 1 N–H and O–H groups in total. The second kappa shape index (κ2) is 10.7. The molecule has 2 fully saturated rings. The molecule has 7 rings (SSSR count). The Bertz CT molecular complexity index is 1850. The van der Waals surface area contributed by atoms with E-state index in [2.05, 4.69) is 32.1 Å². The molecule has 10 nitrogen and oxygen atoms in total. The normalized spacial score (nSPS) is 19.0. The van der Waals surface area contributed by atoms with Crippen molar-refractivity contribution in [1.82, 2.24) is 33.7 Å². The zero-order valence-corrected chi connectivity index (χ0v) is 24.4. The van der Waals surface area contributed by atoms with Crippen molar-refractivity contribution in [1.29, 1.82) is 0 Å². The van der Waals surface area contributed by atoms with E-state index in [4.69, 9.17) is 23.2 Å². The van der Waals surface area contributed by atoms with Crippen LogP contribution in [-0.2, 0) is 0 Å². The minimum atomic E-state index is -0.391. The van der Waals surface area contributed by atoms with Crippen LogP contribution in [0.3, 0.4) is 0 Å². The molecule has 3 aromatic heterocycles. The number of fused-ring (bicyclic) bond motifs is 5. The molecule has 42 heavy (non-hydrogen) atoms. The van der Waals surface area contributed by atoms with Gasteiger partial charge in [-0.1, -0.05) is 36.2 Å². The fourth-order valence-corrected chi connectivity index (χ4v) is 6.90. The van der Waals surface area contributed by atoms with Gasteiger partial charge in [0.05, 0.1) is 15.7 Å². The van der Waals surface area contributed by atoms with Crippen LogP contribution >= 0.6 is 23.2 Å². The van der Waals surface area contributed by atoms with Gasteiger partial charge in [-0.15, -0.1) is 0 Å². The lowest BCUT2D eigenvalue weighted by Crippen LogP contribution is -2.53. The Hall–Kier alpha value is -3.99. The number of amides is 1. The average molecular weight is 604 g/mol. The first kappa shape index (κ1) is 26.9. The van der Waals surface area contributed by atoms with Gasteiger partial charge in [0.25, 0.3) is 11.5 Å². The third-order valence-electron chi connectivity index (χ3n) is 8.19. The summed E-state index contributed by atoms with van der Waals surface area (Å²) in [6.45, 7) is 7.03. The molecule has 12 heteroatoms. The van der Waals surface area contributed by atoms with Crippen molar-refractivity contribution >= 4 is 57.6 Å². The highest BCUT2D eigenvalue weighted by molar-refractivity contribution is 6.37. The van der Waals surface area contributed by atoms with Crippen molar-refractivity contribution < 1.29 is 4.79 Å². The number of nitrogens with one attached hydrogen (secondary N) is 1. The third-order valence-corrected chi connectivity index (χ3v) is 8.80. The number of carbonyl (C=O) groups is 1. The number of rotatable bonds is 5. The molecule has 0 aliphatic carbocycles. The Morgan fingerprint density at radius 2 is 1.71 bits per heavy atom. The van der Waals surface area contributed by atoms with Crippen molar-refractivity contribution in [2.24, 2.45) is 11.8 Å². The third kappa shape index (κ3) is 4.69. The number of imidazole rings is 1. The first-order valence-electron chi connectivity index (χ1n) is 14.0. The van der Waals surface area contributed by atoms with E-state index in [1.165, 1.54) is 17.2 Å². The molecule has 2 aliphatic rings. The maximum Gasteiger partial charge on any atom is 0.270 e. The Kier molecular flexibility index (Phi) is 6.84. The predicted molar refractivity (Wildman–Crippen MR) is 163 cm³/mol. The number of para-hydroxylation sites is 1. The van der Waals surface area contributed by atoms with E-state index in [-0.39, 0.29) is 11.3 Å². The molecule has 214 valence electrons. The molecule has 0 spiro atoms. The van der Waals surface area contributed by atoms with Gasteiger partial charge in [-0.25, -0.2) is 14.5 Å². The number of halogens is 2. The van der Waals surface area contributed by atoms with Gasteiger partial charge in [0.1, 0.15) is 5.39 Å². The average Bonchev–Trinajstić information content (AvgIpc) is 3.48. The topological polar surface area (TPSA) is 101 Å². The van der Waals surface area contributed by atoms with Crippen molar-refractivity contribution in [2.45, 2.75) is 13.3 Å². The molecule has 2 saturated heterocycles. The molecule has 0 saturated carbocycles. The minimum Gasteiger partial charge on any atom is -0.338 e. The van der Waals surface area contributed by atoms with Gasteiger partial charge < -0.3 is 15.1 Å². The lowest BCUT2D eigenvalue weighted by molar-refractivity contribution is 0.0278. The number of anilines is 2. The summed E-state index contributed by atoms with van der Waals surface area (Å²) in [5.41, 5.74) is 1.71. The quantitative estimate of drug-likeness (QED) is 0.305. The summed E-state index contributed by atoms with van der Waals surface area (Å²) < 4.78 is 3.06. The van der Waals surface area contributed by atoms with Gasteiger partial charge in [0.2, 0.25) is 11.7 Å². The van der Waals surface area contributed by atoms with Crippen LogP contribution < -0.4 is 10.9 Å². The van der Waals surface area contributed by atoms with E-state index in [0.29, 0.717) is 50.5 Å². The van der Waals surface area contributed by atoms with Crippen molar-refractivity contribution in [3.05, 3.63) is 87.0 Å². The zero-order chi connectivity index (χ0) is 29.0. The minimum absolute atomic E-state index is 0.0700. The Morgan fingerprint density at radius 1 is 1.00 bits per heavy atom. The number of carbonyl (C=O) groups excluding carboxylic acids is 1. The van der Waals surface area contributed by atoms with E-state index >= 15 is 0 Å². The highest BCUT2D eigenvalue weighted by atomic mass is 35.5. The van der Waals surface area contributed by atoms with E-state index in [0.717, 1.165) is 38.4 Å². The first-order valence-corrected chi connectivity index (χ1v) is 14.7. The Morgan fingerprint density at radius 3 is 2.40 bits per heavy atom. The fraction of sp³-hybridized carbons (Fsp3) is 0.300. The van der Waals surface area contributed by atoms with Gasteiger partial charge >= 0.3 is 0 Å². The van der Waals surface area contributed by atoms with Crippen LogP contribution in [0.1, 0.15) is 23.7 Å². The number of nitrogens with zero attached hydrogens (tertiary/aromatic N) is 7. The summed E-state index contributed by atoms with van der Waals surface area (Å²) in [4.78, 5) is 44.8. The van der Waals surface area contributed by atoms with Crippen LogP contribution in [0.2, 0.25) is 10.0 Å². The number of hydrogen-bond donors (Lipinski definition) is 1. The molecule has 0 radical (unpaired) electrons. The van der Waals surface area contributed by atoms with Crippen LogP contribution in [-0.4, -0.2) is 72.4 Å². The molecular weight excluding hydrogens is 575 g/mol. The van der Waals surface area contributed by atoms with Crippen molar-refractivity contribution in [3.8, 4) is 5.69 Å². The summed E-state index contributed by atoms with van der Waals surface area (Å²) in [7, 11) is 0. The van der Waals surface area contributed by atoms with Crippen LogP contribution in [0.25, 0.3) is 22.5 Å². The standard InChI is InChI=1S/C30H28Cl2N8O2/c1-2-37-14-18-12-19(15-37)17-38(16-18)27(41)20-6-8-21(9-7-20)35-29-34-13-22-26(36-29)39-11-10-33-30(39)40(28(22)42)25-23(31)4-3-5-24(25)32/h3-11,13,18-19H,2,12,14-17H2,1H3,(H,34,35,36)/t18-,19+. The summed E-state index contributed by atoms with van der Waals surface area (Å²) in [6, 6.07) is 12.4. The van der Waals surface area contributed by atoms with E-state index < -0.39 is 5.56 Å². The Labute approximate surface area is 251 Å². The molecule has 2 aliphatic heterocycles. The lowest BCUT2D eigenvalue weighted by atomic mass is 9.84. The van der Waals surface area contributed by atoms with Gasteiger partial charge in [0.15, 0.2) is 5.65 Å². The van der Waals surface area contributed by atoms with Gasteiger partial charge in [-0.3, -0.25) is 14.0 Å². The van der Waals surface area contributed by atoms with Crippen LogP contribution in [0.15, 0.2) is 65.8 Å². The highest BCUT2D eigenvalue weighted by Crippen LogP contribution is 2.31. The summed E-state index contributed by atoms with van der Waals surface area (Å²) >= 11 is 12.9. The maximum absolute atomic E-state index is 13.6. The largest absolute Gasteiger partial charge is 0.338 e. The van der Waals surface area contributed by atoms with Crippen LogP contribution in [0, 0.1) is 11.8 Å². The van der Waals surface area contributed by atoms with Crippen LogP contribution in [0.5, 0.6) is 0 Å². The van der Waals surface area contributed by atoms with Gasteiger partial charge in [-0.05, 0) is 61.2 Å². The van der Waals surface area contributed by atoms with Crippen molar-refractivity contribution in [3.63, 3.8) is 0 Å². The molecular formula is C30H28Cl2N8O2. The number of likely N-dealkylation sites (tertiary alicyclic amines) is 2. The van der Waals surface area contributed by atoms with Gasteiger partial charge in [-0.2, -0.15) is 4.98 Å². The number of piperidine rings is 2. The summed E-state index contributed by atoms with van der Waals surface area (Å²) in [6.07, 6.45) is 5.97. The van der Waals surface area contributed by atoms with Gasteiger partial charge in [0, 0.05) is 56.0 Å². The van der Waals surface area contributed by atoms with E-state index in [1.807, 2.05) is 29.2 Å². The van der Waals surface area contributed by atoms with Crippen molar-refractivity contribution in [2.75, 3.05) is 38.0 Å². The summed E-state index contributed by atoms with van der Waals surface area (Å²) in [5.74, 6) is 1.77. The SMILES string of the molecule is CCN1C[C@H]2C[C@@H](C1)CN(C(=O)c1ccc(Nc3ncc4c(=O)n(-c5c(Cl)cccc5Cl)c5nccn5c4n3)cc1)C2. The van der Waals surface area contributed by atoms with Crippen LogP contribution in [0.4, 0.5) is 11.6 Å². The smallest absolute Gasteiger partial charge is 0.270 e. The Balaban J connectivity index is 1.14. The summed E-state index contributed by atoms with van der Waals surface area (Å²) in [5, 5.41) is 4.10. The van der Waals surface area contributed by atoms with E-state index in [1.54, 1.807) is 35.0 Å². The molecule has 5 aromatic rings. The molecule has 2 atom stereocenters. The highest BCUT2D eigenvalue weighted by Gasteiger charge is 2.35. The molecule has 5 heterocycles.